The molecule has 0 aromatic heterocycles. The fourth-order valence-corrected chi connectivity index (χ4v) is 0.555. The van der Waals surface area contributed by atoms with Crippen molar-refractivity contribution >= 4 is 12.3 Å². The molecule has 0 aromatic carbocycles. The van der Waals surface area contributed by atoms with Crippen LogP contribution in [0.15, 0.2) is 0 Å². The number of aldehydes is 1. The van der Waals surface area contributed by atoms with Crippen molar-refractivity contribution in [2.45, 2.75) is 12.8 Å². The Morgan fingerprint density at radius 1 is 1.36 bits per heavy atom. The Morgan fingerprint density at radius 3 is 2.55 bits per heavy atom. The number of esters is 1. The van der Waals surface area contributed by atoms with Gasteiger partial charge in [-0.25, -0.2) is 4.79 Å². The molecule has 4 heteroatoms. The molecule has 0 heterocycles. The van der Waals surface area contributed by atoms with Gasteiger partial charge in [0.05, 0.1) is 6.61 Å². The first-order valence-corrected chi connectivity index (χ1v) is 3.42. The lowest BCUT2D eigenvalue weighted by atomic mass is 10.3. The first-order chi connectivity index (χ1) is 5.31. The first-order valence-electron chi connectivity index (χ1n) is 3.42. The highest BCUT2D eigenvalue weighted by molar-refractivity contribution is 6.20. The van der Waals surface area contributed by atoms with E-state index in [9.17, 15) is 9.59 Å². The van der Waals surface area contributed by atoms with Crippen LogP contribution >= 0.6 is 0 Å². The van der Waals surface area contributed by atoms with Gasteiger partial charge in [0, 0.05) is 13.7 Å². The Labute approximate surface area is 65.5 Å². The number of hydrogen-bond acceptors (Lipinski definition) is 4. The summed E-state index contributed by atoms with van der Waals surface area (Å²) in [5.41, 5.74) is 0. The molecule has 0 amide bonds. The summed E-state index contributed by atoms with van der Waals surface area (Å²) in [7, 11) is 1.61. The van der Waals surface area contributed by atoms with E-state index in [0.717, 1.165) is 12.8 Å². The van der Waals surface area contributed by atoms with Crippen LogP contribution in [0.25, 0.3) is 0 Å². The smallest absolute Gasteiger partial charge is 0.371 e. The van der Waals surface area contributed by atoms with Crippen molar-refractivity contribution in [3.05, 3.63) is 0 Å². The van der Waals surface area contributed by atoms with Crippen LogP contribution in [0.5, 0.6) is 0 Å². The minimum Gasteiger partial charge on any atom is -0.460 e. The maximum Gasteiger partial charge on any atom is 0.371 e. The molecule has 0 aromatic rings. The molecule has 0 fully saturated rings. The van der Waals surface area contributed by atoms with Crippen molar-refractivity contribution < 1.29 is 19.1 Å². The van der Waals surface area contributed by atoms with Gasteiger partial charge in [-0.1, -0.05) is 0 Å². The number of rotatable bonds is 6. The predicted molar refractivity (Wildman–Crippen MR) is 38.1 cm³/mol. The summed E-state index contributed by atoms with van der Waals surface area (Å²) in [6.45, 7) is 0.944. The number of carbonyl (C=O) groups excluding carboxylic acids is 2. The maximum absolute atomic E-state index is 10.2. The van der Waals surface area contributed by atoms with E-state index in [2.05, 4.69) is 4.74 Å². The Bertz CT molecular complexity index is 122. The molecular weight excluding hydrogens is 148 g/mol. The third-order valence-electron chi connectivity index (χ3n) is 1.08. The fraction of sp³-hybridized carbons (Fsp3) is 0.714. The largest absolute Gasteiger partial charge is 0.460 e. The number of unbranched alkanes of at least 4 members (excludes halogenated alkanes) is 1. The Hall–Kier alpha value is -0.900. The van der Waals surface area contributed by atoms with Crippen LogP contribution in [-0.2, 0) is 19.1 Å². The normalized spacial score (nSPS) is 9.18. The number of methoxy groups -OCH3 is 1. The summed E-state index contributed by atoms with van der Waals surface area (Å²) in [5.74, 6) is -0.803. The van der Waals surface area contributed by atoms with Crippen molar-refractivity contribution in [3.63, 3.8) is 0 Å². The molecule has 0 atom stereocenters. The van der Waals surface area contributed by atoms with Crippen LogP contribution in [0.2, 0.25) is 0 Å². The van der Waals surface area contributed by atoms with Gasteiger partial charge in [0.2, 0.25) is 6.29 Å². The van der Waals surface area contributed by atoms with Crippen molar-refractivity contribution in [3.8, 4) is 0 Å². The standard InChI is InChI=1S/C7H12O4/c1-10-4-2-3-5-11-7(9)6-8/h6H,2-5H2,1H3. The van der Waals surface area contributed by atoms with E-state index in [1.165, 1.54) is 0 Å². The minimum absolute atomic E-state index is 0.163. The molecule has 0 radical (unpaired) electrons. The third kappa shape index (κ3) is 6.99. The molecular formula is C7H12O4. The zero-order valence-corrected chi connectivity index (χ0v) is 6.54. The molecule has 0 saturated carbocycles. The molecule has 0 N–H and O–H groups in total. The lowest BCUT2D eigenvalue weighted by Crippen LogP contribution is -2.06. The van der Waals surface area contributed by atoms with Crippen LogP contribution in [-0.4, -0.2) is 32.6 Å². The molecule has 0 aliphatic rings. The van der Waals surface area contributed by atoms with E-state index in [1.54, 1.807) is 7.11 Å². The van der Waals surface area contributed by atoms with Crippen LogP contribution < -0.4 is 0 Å². The highest BCUT2D eigenvalue weighted by atomic mass is 16.5. The molecule has 0 aliphatic carbocycles. The molecule has 0 bridgehead atoms. The van der Waals surface area contributed by atoms with E-state index >= 15 is 0 Å². The van der Waals surface area contributed by atoms with E-state index < -0.39 is 5.97 Å². The van der Waals surface area contributed by atoms with Crippen LogP contribution in [0.4, 0.5) is 0 Å². The van der Waals surface area contributed by atoms with Crippen LogP contribution in [0.3, 0.4) is 0 Å². The lowest BCUT2D eigenvalue weighted by molar-refractivity contribution is -0.148. The van der Waals surface area contributed by atoms with Crippen LogP contribution in [0.1, 0.15) is 12.8 Å². The fourth-order valence-electron chi connectivity index (χ4n) is 0.555. The summed E-state index contributed by atoms with van der Waals surface area (Å²) in [6, 6.07) is 0. The SMILES string of the molecule is COCCCCOC(=O)C=O. The summed E-state index contributed by atoms with van der Waals surface area (Å²) < 4.78 is 9.24. The Morgan fingerprint density at radius 2 is 2.00 bits per heavy atom. The van der Waals surface area contributed by atoms with Gasteiger partial charge in [0.15, 0.2) is 0 Å². The molecule has 0 unspecified atom stereocenters. The van der Waals surface area contributed by atoms with E-state index in [-0.39, 0.29) is 6.29 Å². The second-order valence-corrected chi connectivity index (χ2v) is 1.99. The molecule has 0 aliphatic heterocycles. The number of ether oxygens (including phenoxy) is 2. The van der Waals surface area contributed by atoms with Crippen molar-refractivity contribution in [2.75, 3.05) is 20.3 Å². The van der Waals surface area contributed by atoms with Crippen molar-refractivity contribution in [2.24, 2.45) is 0 Å². The van der Waals surface area contributed by atoms with Gasteiger partial charge in [-0.2, -0.15) is 0 Å². The number of carbonyl (C=O) groups is 2. The highest BCUT2D eigenvalue weighted by Crippen LogP contribution is 1.89. The zero-order valence-electron chi connectivity index (χ0n) is 6.54. The van der Waals surface area contributed by atoms with Gasteiger partial charge in [0.25, 0.3) is 0 Å². The lowest BCUT2D eigenvalue weighted by Gasteiger charge is -1.99. The van der Waals surface area contributed by atoms with Gasteiger partial charge in [-0.3, -0.25) is 4.79 Å². The summed E-state index contributed by atoms with van der Waals surface area (Å²) in [5, 5.41) is 0. The molecule has 0 spiro atoms. The van der Waals surface area contributed by atoms with Gasteiger partial charge in [-0.05, 0) is 12.8 Å². The number of hydrogen-bond donors (Lipinski definition) is 0. The molecule has 4 nitrogen and oxygen atoms in total. The second-order valence-electron chi connectivity index (χ2n) is 1.99. The quantitative estimate of drug-likeness (QED) is 0.240. The third-order valence-corrected chi connectivity index (χ3v) is 1.08. The average molecular weight is 160 g/mol. The molecule has 0 rings (SSSR count). The maximum atomic E-state index is 10.2. The van der Waals surface area contributed by atoms with E-state index in [4.69, 9.17) is 4.74 Å². The van der Waals surface area contributed by atoms with Gasteiger partial charge in [0.1, 0.15) is 0 Å². The van der Waals surface area contributed by atoms with E-state index in [0.29, 0.717) is 13.2 Å². The molecule has 11 heavy (non-hydrogen) atoms. The van der Waals surface area contributed by atoms with Gasteiger partial charge < -0.3 is 9.47 Å². The topological polar surface area (TPSA) is 52.6 Å². The van der Waals surface area contributed by atoms with Crippen molar-refractivity contribution in [1.29, 1.82) is 0 Å². The second kappa shape index (κ2) is 7.21. The van der Waals surface area contributed by atoms with Gasteiger partial charge in [-0.15, -0.1) is 0 Å². The highest BCUT2D eigenvalue weighted by Gasteiger charge is 1.96. The molecule has 0 saturated heterocycles. The summed E-state index contributed by atoms with van der Waals surface area (Å²) in [4.78, 5) is 19.9. The van der Waals surface area contributed by atoms with Crippen molar-refractivity contribution in [1.82, 2.24) is 0 Å². The molecule has 64 valence electrons. The predicted octanol–water partition coefficient (Wildman–Crippen LogP) is 0.155. The minimum atomic E-state index is -0.803. The van der Waals surface area contributed by atoms with Crippen LogP contribution in [0, 0.1) is 0 Å². The zero-order chi connectivity index (χ0) is 8.53. The summed E-state index contributed by atoms with van der Waals surface area (Å²) >= 11 is 0. The average Bonchev–Trinajstić information content (AvgIpc) is 2.04. The Kier molecular flexibility index (Phi) is 6.62. The van der Waals surface area contributed by atoms with Gasteiger partial charge >= 0.3 is 5.97 Å². The monoisotopic (exact) mass is 160 g/mol. The van der Waals surface area contributed by atoms with E-state index in [1.807, 2.05) is 0 Å². The Balaban J connectivity index is 3.01. The summed E-state index contributed by atoms with van der Waals surface area (Å²) in [6.07, 6.45) is 1.73. The first kappa shape index (κ1) is 10.1.